The van der Waals surface area contributed by atoms with E-state index in [9.17, 15) is 13.2 Å². The molecule has 13 nitrogen and oxygen atoms in total. The largest absolute Gasteiger partial charge is 0.492 e. The van der Waals surface area contributed by atoms with Crippen molar-refractivity contribution in [2.24, 2.45) is 0 Å². The average molecular weight is 672 g/mol. The van der Waals surface area contributed by atoms with Crippen LogP contribution in [0.5, 0.6) is 23.5 Å². The maximum atomic E-state index is 13.2. The second-order valence-corrected chi connectivity index (χ2v) is 13.6. The van der Waals surface area contributed by atoms with E-state index >= 15 is 0 Å². The second kappa shape index (κ2) is 14.0. The van der Waals surface area contributed by atoms with Gasteiger partial charge >= 0.3 is 18.1 Å². The molecule has 2 bridgehead atoms. The zero-order chi connectivity index (χ0) is 34.5. The van der Waals surface area contributed by atoms with E-state index in [2.05, 4.69) is 59.9 Å². The van der Waals surface area contributed by atoms with E-state index in [0.29, 0.717) is 27.9 Å². The van der Waals surface area contributed by atoms with Gasteiger partial charge in [-0.15, -0.1) is 4.98 Å². The fourth-order valence-corrected chi connectivity index (χ4v) is 5.40. The Kier molecular flexibility index (Phi) is 9.84. The van der Waals surface area contributed by atoms with Gasteiger partial charge in [-0.2, -0.15) is 9.97 Å². The molecule has 14 heteroatoms. The molecule has 2 aliphatic heterocycles. The number of ether oxygens (including phenoxy) is 3. The number of fused-ring (bicyclic) bond motifs is 4. The Morgan fingerprint density at radius 2 is 1.50 bits per heavy atom. The molecule has 4 N–H and O–H groups in total. The van der Waals surface area contributed by atoms with Crippen molar-refractivity contribution in [3.05, 3.63) is 90.3 Å². The van der Waals surface area contributed by atoms with Gasteiger partial charge in [0.25, 0.3) is 0 Å². The van der Waals surface area contributed by atoms with Crippen LogP contribution in [0.1, 0.15) is 31.9 Å². The van der Waals surface area contributed by atoms with Crippen molar-refractivity contribution >= 4 is 49.6 Å². The third-order valence-corrected chi connectivity index (χ3v) is 7.79. The molecule has 3 heterocycles. The highest BCUT2D eigenvalue weighted by Gasteiger charge is 2.22. The third kappa shape index (κ3) is 8.39. The molecule has 0 atom stereocenters. The van der Waals surface area contributed by atoms with E-state index in [0.717, 1.165) is 18.4 Å². The van der Waals surface area contributed by atoms with Gasteiger partial charge in [-0.25, -0.2) is 13.2 Å². The highest BCUT2D eigenvalue weighted by molar-refractivity contribution is 7.92. The lowest BCUT2D eigenvalue weighted by molar-refractivity contribution is 0.262. The summed E-state index contributed by atoms with van der Waals surface area (Å²) < 4.78 is 42.9. The molecule has 0 saturated carbocycles. The van der Waals surface area contributed by atoms with Crippen LogP contribution in [0.2, 0.25) is 0 Å². The van der Waals surface area contributed by atoms with Gasteiger partial charge in [-0.05, 0) is 52.9 Å². The SMILES string of the molecule is COc1ncnc(Oc2ccc(NC(=O)Nc3cc(C(C)(C)C)cc(NS(C)(=O)=O)c3OC)c3ccccc23)n1.c1cc2ccc1CN2. The monoisotopic (exact) mass is 671 g/mol. The van der Waals surface area contributed by atoms with Crippen molar-refractivity contribution in [3.63, 3.8) is 0 Å². The minimum Gasteiger partial charge on any atom is -0.492 e. The van der Waals surface area contributed by atoms with E-state index in [4.69, 9.17) is 14.2 Å². The molecule has 0 saturated heterocycles. The molecule has 48 heavy (non-hydrogen) atoms. The van der Waals surface area contributed by atoms with Crippen LogP contribution in [0.15, 0.2) is 79.1 Å². The molecule has 0 unspecified atom stereocenters. The molecule has 0 radical (unpaired) electrons. The Labute approximate surface area is 279 Å². The van der Waals surface area contributed by atoms with Crippen LogP contribution in [-0.4, -0.2) is 49.9 Å². The summed E-state index contributed by atoms with van der Waals surface area (Å²) in [5.41, 5.74) is 4.08. The van der Waals surface area contributed by atoms with Crippen LogP contribution in [0.25, 0.3) is 10.8 Å². The molecule has 2 amide bonds. The predicted octanol–water partition coefficient (Wildman–Crippen LogP) is 6.76. The van der Waals surface area contributed by atoms with Crippen LogP contribution in [0, 0.1) is 0 Å². The number of nitrogens with zero attached hydrogens (tertiary/aromatic N) is 3. The first-order valence-electron chi connectivity index (χ1n) is 14.9. The second-order valence-electron chi connectivity index (χ2n) is 11.9. The standard InChI is InChI=1S/C27H30N6O6S.C7H7N/c1-27(2,3)16-13-20(23(37-4)21(14-16)33-40(6,35)36)31-24(34)30-19-11-12-22(18-10-8-7-9-17(18)19)39-26-29-15-28-25(32-26)38-5;1-3-7-4-2-6(1)5-8-7/h7-15,33H,1-6H3,(H2,30,31,34);1-4,8H,5H2. The van der Waals surface area contributed by atoms with Crippen molar-refractivity contribution in [1.29, 1.82) is 0 Å². The van der Waals surface area contributed by atoms with E-state index in [1.807, 2.05) is 45.0 Å². The van der Waals surface area contributed by atoms with Gasteiger partial charge in [0.1, 0.15) is 12.1 Å². The van der Waals surface area contributed by atoms with Crippen LogP contribution in [0.4, 0.5) is 27.5 Å². The first-order valence-corrected chi connectivity index (χ1v) is 16.8. The lowest BCUT2D eigenvalue weighted by atomic mass is 9.86. The fourth-order valence-electron chi connectivity index (χ4n) is 4.85. The van der Waals surface area contributed by atoms with Gasteiger partial charge in [0, 0.05) is 23.0 Å². The van der Waals surface area contributed by atoms with Gasteiger partial charge < -0.3 is 30.2 Å². The zero-order valence-corrected chi connectivity index (χ0v) is 28.2. The molecule has 5 aromatic rings. The number of carbonyl (C=O) groups is 1. The maximum absolute atomic E-state index is 13.2. The van der Waals surface area contributed by atoms with Gasteiger partial charge in [-0.1, -0.05) is 57.2 Å². The minimum atomic E-state index is -3.61. The number of sulfonamides is 1. The van der Waals surface area contributed by atoms with Crippen molar-refractivity contribution in [3.8, 4) is 23.5 Å². The Bertz CT molecular complexity index is 2030. The summed E-state index contributed by atoms with van der Waals surface area (Å²) in [6, 6.07) is 22.3. The van der Waals surface area contributed by atoms with Crippen LogP contribution in [-0.2, 0) is 22.0 Å². The fraction of sp³-hybridized carbons (Fsp3) is 0.235. The van der Waals surface area contributed by atoms with E-state index in [1.54, 1.807) is 24.3 Å². The normalized spacial score (nSPS) is 11.9. The third-order valence-electron chi connectivity index (χ3n) is 7.20. The summed E-state index contributed by atoms with van der Waals surface area (Å²) in [6.45, 7) is 6.95. The maximum Gasteiger partial charge on any atom is 0.328 e. The highest BCUT2D eigenvalue weighted by Crippen LogP contribution is 2.39. The Balaban J connectivity index is 0.000000485. The van der Waals surface area contributed by atoms with Crippen molar-refractivity contribution in [2.75, 3.05) is 41.1 Å². The average Bonchev–Trinajstić information content (AvgIpc) is 3.06. The summed E-state index contributed by atoms with van der Waals surface area (Å²) in [5, 5.41) is 10.3. The smallest absolute Gasteiger partial charge is 0.328 e. The number of amides is 2. The molecular weight excluding hydrogens is 634 g/mol. The van der Waals surface area contributed by atoms with Gasteiger partial charge in [-0.3, -0.25) is 4.72 Å². The first-order chi connectivity index (χ1) is 22.8. The number of nitrogens with one attached hydrogen (secondary N) is 4. The molecule has 0 spiro atoms. The Morgan fingerprint density at radius 1 is 0.833 bits per heavy atom. The number of rotatable bonds is 8. The Morgan fingerprint density at radius 3 is 2.06 bits per heavy atom. The molecule has 7 rings (SSSR count). The first kappa shape index (κ1) is 33.7. The van der Waals surface area contributed by atoms with Gasteiger partial charge in [0.15, 0.2) is 5.75 Å². The summed E-state index contributed by atoms with van der Waals surface area (Å²) >= 11 is 0. The minimum absolute atomic E-state index is 0.0554. The molecule has 0 aliphatic carbocycles. The van der Waals surface area contributed by atoms with E-state index in [1.165, 1.54) is 31.8 Å². The zero-order valence-electron chi connectivity index (χ0n) is 27.4. The van der Waals surface area contributed by atoms with Crippen LogP contribution in [0.3, 0.4) is 0 Å². The van der Waals surface area contributed by atoms with Crippen molar-refractivity contribution < 1.29 is 27.4 Å². The van der Waals surface area contributed by atoms with Gasteiger partial charge in [0.05, 0.1) is 37.5 Å². The quantitative estimate of drug-likeness (QED) is 0.138. The molecule has 2 aliphatic rings. The van der Waals surface area contributed by atoms with E-state index in [-0.39, 0.29) is 28.9 Å². The topological polar surface area (TPSA) is 166 Å². The number of hydrogen-bond acceptors (Lipinski definition) is 10. The number of hydrogen-bond donors (Lipinski definition) is 4. The predicted molar refractivity (Wildman–Crippen MR) is 187 cm³/mol. The lowest BCUT2D eigenvalue weighted by Crippen LogP contribution is -2.22. The molecule has 4 aromatic carbocycles. The van der Waals surface area contributed by atoms with Crippen molar-refractivity contribution in [1.82, 2.24) is 15.0 Å². The number of carbonyl (C=O) groups excluding carboxylic acids is 1. The number of aromatic nitrogens is 3. The number of urea groups is 1. The molecule has 1 aromatic heterocycles. The Hall–Kier alpha value is -5.63. The van der Waals surface area contributed by atoms with Crippen LogP contribution >= 0.6 is 0 Å². The van der Waals surface area contributed by atoms with Crippen LogP contribution < -0.4 is 34.9 Å². The summed E-state index contributed by atoms with van der Waals surface area (Å²) in [4.78, 5) is 25.2. The van der Waals surface area contributed by atoms with Crippen molar-refractivity contribution in [2.45, 2.75) is 32.7 Å². The van der Waals surface area contributed by atoms with E-state index < -0.39 is 16.1 Å². The molecule has 250 valence electrons. The molecular formula is C34H37N7O6S. The summed E-state index contributed by atoms with van der Waals surface area (Å²) in [5.74, 6) is 0.640. The number of benzene rings is 4. The highest BCUT2D eigenvalue weighted by atomic mass is 32.2. The summed E-state index contributed by atoms with van der Waals surface area (Å²) in [6.07, 6.45) is 2.33. The lowest BCUT2D eigenvalue weighted by Gasteiger charge is -2.24. The number of anilines is 4. The number of methoxy groups -OCH3 is 2. The summed E-state index contributed by atoms with van der Waals surface area (Å²) in [7, 11) is -0.768. The molecule has 0 fully saturated rings. The van der Waals surface area contributed by atoms with Gasteiger partial charge in [0.2, 0.25) is 10.0 Å².